The van der Waals surface area contributed by atoms with Crippen molar-refractivity contribution in [3.8, 4) is 0 Å². The monoisotopic (exact) mass is 485 g/mol. The Hall–Kier alpha value is -2.60. The molecule has 12 heteroatoms. The molecule has 0 saturated heterocycles. The van der Waals surface area contributed by atoms with E-state index < -0.39 is 33.8 Å². The van der Waals surface area contributed by atoms with Crippen molar-refractivity contribution in [1.82, 2.24) is 19.4 Å². The zero-order valence-corrected chi connectivity index (χ0v) is 19.2. The van der Waals surface area contributed by atoms with E-state index in [9.17, 15) is 26.4 Å². The third kappa shape index (κ3) is 5.16. The van der Waals surface area contributed by atoms with Gasteiger partial charge in [-0.3, -0.25) is 9.58 Å². The second kappa shape index (κ2) is 8.64. The van der Waals surface area contributed by atoms with Gasteiger partial charge in [-0.2, -0.15) is 26.7 Å². The predicted octanol–water partition coefficient (Wildman–Crippen LogP) is 2.90. The lowest BCUT2D eigenvalue weighted by Gasteiger charge is -2.18. The number of sulfonamides is 1. The molecule has 2 amide bonds. The maximum absolute atomic E-state index is 12.7. The smallest absolute Gasteiger partial charge is 0.307 e. The van der Waals surface area contributed by atoms with Gasteiger partial charge in [0, 0.05) is 25.3 Å². The first kappa shape index (κ1) is 23.6. The van der Waals surface area contributed by atoms with Crippen LogP contribution in [0.5, 0.6) is 0 Å². The van der Waals surface area contributed by atoms with Crippen LogP contribution in [0.3, 0.4) is 0 Å². The number of hydrogen-bond acceptors (Lipinski definition) is 5. The number of nitrogens with one attached hydrogen (secondary N) is 2. The van der Waals surface area contributed by atoms with Crippen LogP contribution in [0, 0.1) is 0 Å². The number of carbonyl (C=O) groups is 1. The van der Waals surface area contributed by atoms with E-state index in [0.717, 1.165) is 54.6 Å². The van der Waals surface area contributed by atoms with Gasteiger partial charge in [-0.05, 0) is 67.8 Å². The van der Waals surface area contributed by atoms with Crippen molar-refractivity contribution in [3.05, 3.63) is 40.1 Å². The fourth-order valence-electron chi connectivity index (χ4n) is 4.68. The lowest BCUT2D eigenvalue weighted by Crippen LogP contribution is -2.35. The lowest BCUT2D eigenvalue weighted by atomic mass is 9.99. The third-order valence-corrected chi connectivity index (χ3v) is 7.25. The van der Waals surface area contributed by atoms with Crippen LogP contribution in [0.25, 0.3) is 0 Å². The molecular weight excluding hydrogens is 459 g/mol. The highest BCUT2D eigenvalue weighted by Crippen LogP contribution is 2.38. The summed E-state index contributed by atoms with van der Waals surface area (Å²) in [6.07, 6.45) is 1.16. The molecule has 1 heterocycles. The van der Waals surface area contributed by atoms with Crippen LogP contribution in [-0.2, 0) is 49.3 Å². The quantitative estimate of drug-likeness (QED) is 0.656. The van der Waals surface area contributed by atoms with E-state index >= 15 is 0 Å². The maximum atomic E-state index is 12.7. The SMILES string of the molecule is CN(Cc1cc(S(=O)(=O)NC(=O)Nc2c3c(cc4c2CCC4)CCC3)nn1C)CC(F)(F)F. The Balaban J connectivity index is 1.49. The Labute approximate surface area is 190 Å². The topological polar surface area (TPSA) is 96.3 Å². The predicted molar refractivity (Wildman–Crippen MR) is 115 cm³/mol. The summed E-state index contributed by atoms with van der Waals surface area (Å²) < 4.78 is 66.4. The molecule has 2 N–H and O–H groups in total. The average molecular weight is 486 g/mol. The zero-order valence-electron chi connectivity index (χ0n) is 18.4. The first-order valence-corrected chi connectivity index (χ1v) is 12.2. The van der Waals surface area contributed by atoms with Gasteiger partial charge in [-0.15, -0.1) is 0 Å². The molecule has 0 atom stereocenters. The summed E-state index contributed by atoms with van der Waals surface area (Å²) in [5.74, 6) is 0. The van der Waals surface area contributed by atoms with E-state index in [1.807, 2.05) is 4.72 Å². The number of hydrogen-bond donors (Lipinski definition) is 2. The number of benzene rings is 1. The fourth-order valence-corrected chi connectivity index (χ4v) is 5.60. The van der Waals surface area contributed by atoms with E-state index in [4.69, 9.17) is 0 Å². The molecule has 2 aliphatic rings. The highest BCUT2D eigenvalue weighted by atomic mass is 32.2. The zero-order chi connectivity index (χ0) is 24.0. The second-order valence-electron chi connectivity index (χ2n) is 8.68. The Kier molecular flexibility index (Phi) is 6.16. The van der Waals surface area contributed by atoms with E-state index in [2.05, 4.69) is 16.5 Å². The van der Waals surface area contributed by atoms with Gasteiger partial charge in [-0.25, -0.2) is 9.52 Å². The molecule has 1 aromatic carbocycles. The molecule has 8 nitrogen and oxygen atoms in total. The van der Waals surface area contributed by atoms with Crippen LogP contribution in [0.4, 0.5) is 23.7 Å². The van der Waals surface area contributed by atoms with Gasteiger partial charge in [0.25, 0.3) is 10.0 Å². The average Bonchev–Trinajstić information content (AvgIpc) is 3.40. The minimum absolute atomic E-state index is 0.160. The highest BCUT2D eigenvalue weighted by molar-refractivity contribution is 7.90. The number of amides is 2. The van der Waals surface area contributed by atoms with Crippen molar-refractivity contribution < 1.29 is 26.4 Å². The van der Waals surface area contributed by atoms with Crippen LogP contribution in [0.15, 0.2) is 17.2 Å². The number of alkyl halides is 3. The summed E-state index contributed by atoms with van der Waals surface area (Å²) >= 11 is 0. The van der Waals surface area contributed by atoms with Gasteiger partial charge in [-0.1, -0.05) is 6.07 Å². The van der Waals surface area contributed by atoms with Crippen LogP contribution in [0.1, 0.15) is 40.8 Å². The van der Waals surface area contributed by atoms with Gasteiger partial charge in [0.15, 0.2) is 5.03 Å². The van der Waals surface area contributed by atoms with Crippen molar-refractivity contribution >= 4 is 21.7 Å². The van der Waals surface area contributed by atoms with Gasteiger partial charge in [0.2, 0.25) is 0 Å². The van der Waals surface area contributed by atoms with Gasteiger partial charge in [0.1, 0.15) is 0 Å². The molecule has 33 heavy (non-hydrogen) atoms. The highest BCUT2D eigenvalue weighted by Gasteiger charge is 2.30. The molecule has 2 aliphatic carbocycles. The molecule has 4 rings (SSSR count). The molecule has 0 aliphatic heterocycles. The number of halogens is 3. The lowest BCUT2D eigenvalue weighted by molar-refractivity contribution is -0.144. The number of anilines is 1. The standard InChI is InChI=1S/C21H26F3N5O3S/c1-28(12-21(22,23)24)11-15-10-18(26-29(15)2)33(31,32)27-20(30)25-19-16-7-3-5-13(16)9-14-6-4-8-17(14)19/h9-10H,3-8,11-12H2,1-2H3,(H2,25,27,30). The molecule has 1 aromatic heterocycles. The van der Waals surface area contributed by atoms with E-state index in [1.54, 1.807) is 0 Å². The van der Waals surface area contributed by atoms with Crippen molar-refractivity contribution in [2.24, 2.45) is 7.05 Å². The van der Waals surface area contributed by atoms with Crippen LogP contribution >= 0.6 is 0 Å². The fraction of sp³-hybridized carbons (Fsp3) is 0.524. The minimum Gasteiger partial charge on any atom is -0.307 e. The molecule has 0 fully saturated rings. The molecule has 0 radical (unpaired) electrons. The molecule has 180 valence electrons. The van der Waals surface area contributed by atoms with Gasteiger partial charge < -0.3 is 5.32 Å². The van der Waals surface area contributed by atoms with Crippen LogP contribution in [0.2, 0.25) is 0 Å². The molecule has 0 unspecified atom stereocenters. The number of aryl methyl sites for hydroxylation is 3. The van der Waals surface area contributed by atoms with Gasteiger partial charge in [0.05, 0.1) is 12.2 Å². The first-order chi connectivity index (χ1) is 15.4. The summed E-state index contributed by atoms with van der Waals surface area (Å²) in [6.45, 7) is -1.31. The molecular formula is C21H26F3N5O3S. The second-order valence-corrected chi connectivity index (χ2v) is 10.3. The van der Waals surface area contributed by atoms with Crippen LogP contribution in [-0.4, -0.2) is 48.9 Å². The maximum Gasteiger partial charge on any atom is 0.401 e. The van der Waals surface area contributed by atoms with Gasteiger partial charge >= 0.3 is 12.2 Å². The normalized spacial score (nSPS) is 15.6. The Bertz CT molecular complexity index is 1160. The molecule has 0 bridgehead atoms. The first-order valence-electron chi connectivity index (χ1n) is 10.7. The number of fused-ring (bicyclic) bond motifs is 2. The number of nitrogens with zero attached hydrogens (tertiary/aromatic N) is 3. The number of aromatic nitrogens is 2. The van der Waals surface area contributed by atoms with E-state index in [1.165, 1.54) is 36.0 Å². The van der Waals surface area contributed by atoms with E-state index in [0.29, 0.717) is 5.69 Å². The Morgan fingerprint density at radius 1 is 1.12 bits per heavy atom. The molecule has 0 saturated carbocycles. The largest absolute Gasteiger partial charge is 0.401 e. The summed E-state index contributed by atoms with van der Waals surface area (Å²) in [5.41, 5.74) is 5.51. The molecule has 0 spiro atoms. The minimum atomic E-state index is -4.38. The summed E-state index contributed by atoms with van der Waals surface area (Å²) in [4.78, 5) is 13.7. The van der Waals surface area contributed by atoms with E-state index in [-0.39, 0.29) is 12.2 Å². The number of rotatable bonds is 6. The van der Waals surface area contributed by atoms with Crippen molar-refractivity contribution in [3.63, 3.8) is 0 Å². The van der Waals surface area contributed by atoms with Crippen molar-refractivity contribution in [1.29, 1.82) is 0 Å². The van der Waals surface area contributed by atoms with Crippen molar-refractivity contribution in [2.75, 3.05) is 18.9 Å². The Morgan fingerprint density at radius 2 is 1.73 bits per heavy atom. The molecule has 2 aromatic rings. The third-order valence-electron chi connectivity index (χ3n) is 6.05. The summed E-state index contributed by atoms with van der Waals surface area (Å²) in [6, 6.07) is 2.49. The Morgan fingerprint density at radius 3 is 2.30 bits per heavy atom. The van der Waals surface area contributed by atoms with Crippen LogP contribution < -0.4 is 10.0 Å². The summed E-state index contributed by atoms with van der Waals surface area (Å²) in [7, 11) is -1.60. The van der Waals surface area contributed by atoms with Crippen molar-refractivity contribution in [2.45, 2.75) is 56.3 Å². The summed E-state index contributed by atoms with van der Waals surface area (Å²) in [5, 5.41) is 6.21. The number of urea groups is 1. The number of carbonyl (C=O) groups excluding carboxylic acids is 1.